The molecular weight excluding hydrogens is 202 g/mol. The molecule has 2 rings (SSSR count). The number of aryl methyl sites for hydroxylation is 1. The van der Waals surface area contributed by atoms with E-state index in [0.29, 0.717) is 6.10 Å². The summed E-state index contributed by atoms with van der Waals surface area (Å²) in [4.78, 5) is 8.62. The third-order valence-corrected chi connectivity index (χ3v) is 2.78. The van der Waals surface area contributed by atoms with E-state index in [-0.39, 0.29) is 0 Å². The van der Waals surface area contributed by atoms with E-state index in [0.717, 1.165) is 37.6 Å². The molecule has 2 heterocycles. The maximum atomic E-state index is 5.54. The predicted molar refractivity (Wildman–Crippen MR) is 62.1 cm³/mol. The molecule has 1 aromatic heterocycles. The van der Waals surface area contributed by atoms with Gasteiger partial charge >= 0.3 is 0 Å². The lowest BCUT2D eigenvalue weighted by Gasteiger charge is -2.10. The summed E-state index contributed by atoms with van der Waals surface area (Å²) in [7, 11) is 0. The van der Waals surface area contributed by atoms with E-state index in [9.17, 15) is 0 Å². The number of nitrogens with zero attached hydrogens (tertiary/aromatic N) is 2. The molecule has 4 heteroatoms. The Morgan fingerprint density at radius 3 is 3.25 bits per heavy atom. The van der Waals surface area contributed by atoms with E-state index in [2.05, 4.69) is 22.2 Å². The molecule has 1 saturated heterocycles. The minimum absolute atomic E-state index is 0.396. The summed E-state index contributed by atoms with van der Waals surface area (Å²) >= 11 is 0. The number of rotatable bonds is 5. The quantitative estimate of drug-likeness (QED) is 0.814. The fourth-order valence-electron chi connectivity index (χ4n) is 1.88. The molecule has 1 aliphatic heterocycles. The first-order valence-corrected chi connectivity index (χ1v) is 6.01. The van der Waals surface area contributed by atoms with Crippen molar-refractivity contribution in [1.29, 1.82) is 0 Å². The van der Waals surface area contributed by atoms with Gasteiger partial charge in [-0.05, 0) is 18.9 Å². The second kappa shape index (κ2) is 5.92. The standard InChI is InChI=1S/C12H19N3O/c1-2-12-14-6-5-10(15-12)8-13-9-11-4-3-7-16-11/h5-6,11,13H,2-4,7-9H2,1H3. The lowest BCUT2D eigenvalue weighted by molar-refractivity contribution is 0.110. The zero-order valence-electron chi connectivity index (χ0n) is 9.78. The molecule has 0 aliphatic carbocycles. The predicted octanol–water partition coefficient (Wildman–Crippen LogP) is 1.31. The lowest BCUT2D eigenvalue weighted by atomic mass is 10.2. The first kappa shape index (κ1) is 11.5. The van der Waals surface area contributed by atoms with Crippen LogP contribution in [0.15, 0.2) is 12.3 Å². The Hall–Kier alpha value is -1.00. The number of hydrogen-bond acceptors (Lipinski definition) is 4. The SMILES string of the molecule is CCc1nccc(CNCC2CCCO2)n1. The Labute approximate surface area is 96.4 Å². The molecule has 1 aliphatic rings. The molecule has 0 aromatic carbocycles. The summed E-state index contributed by atoms with van der Waals surface area (Å²) < 4.78 is 5.54. The van der Waals surface area contributed by atoms with Crippen LogP contribution in [-0.2, 0) is 17.7 Å². The van der Waals surface area contributed by atoms with Crippen LogP contribution in [0.4, 0.5) is 0 Å². The minimum Gasteiger partial charge on any atom is -0.377 e. The van der Waals surface area contributed by atoms with E-state index in [4.69, 9.17) is 4.74 Å². The monoisotopic (exact) mass is 221 g/mol. The first-order valence-electron chi connectivity index (χ1n) is 6.01. The highest BCUT2D eigenvalue weighted by molar-refractivity contribution is 5.02. The van der Waals surface area contributed by atoms with E-state index in [1.54, 1.807) is 0 Å². The van der Waals surface area contributed by atoms with Gasteiger partial charge in [0.05, 0.1) is 11.8 Å². The highest BCUT2D eigenvalue weighted by atomic mass is 16.5. The molecule has 0 radical (unpaired) electrons. The maximum absolute atomic E-state index is 5.54. The topological polar surface area (TPSA) is 47.0 Å². The molecule has 1 N–H and O–H groups in total. The highest BCUT2D eigenvalue weighted by Gasteiger charge is 2.14. The fourth-order valence-corrected chi connectivity index (χ4v) is 1.88. The summed E-state index contributed by atoms with van der Waals surface area (Å²) in [5.74, 6) is 0.913. The van der Waals surface area contributed by atoms with Gasteiger partial charge in [0, 0.05) is 32.3 Å². The van der Waals surface area contributed by atoms with Crippen LogP contribution in [0.25, 0.3) is 0 Å². The number of hydrogen-bond donors (Lipinski definition) is 1. The third-order valence-electron chi connectivity index (χ3n) is 2.78. The van der Waals surface area contributed by atoms with E-state index in [1.807, 2.05) is 12.3 Å². The van der Waals surface area contributed by atoms with Crippen molar-refractivity contribution < 1.29 is 4.74 Å². The number of ether oxygens (including phenoxy) is 1. The van der Waals surface area contributed by atoms with Gasteiger partial charge in [-0.1, -0.05) is 6.92 Å². The van der Waals surface area contributed by atoms with E-state index < -0.39 is 0 Å². The van der Waals surface area contributed by atoms with Crippen LogP contribution in [0.1, 0.15) is 31.3 Å². The molecule has 1 aromatic rings. The van der Waals surface area contributed by atoms with Crippen LogP contribution in [0, 0.1) is 0 Å². The van der Waals surface area contributed by atoms with Crippen LogP contribution in [0.3, 0.4) is 0 Å². The Bertz CT molecular complexity index is 324. The van der Waals surface area contributed by atoms with Crippen molar-refractivity contribution >= 4 is 0 Å². The minimum atomic E-state index is 0.396. The van der Waals surface area contributed by atoms with Gasteiger partial charge in [0.15, 0.2) is 0 Å². The van der Waals surface area contributed by atoms with Crippen molar-refractivity contribution in [2.24, 2.45) is 0 Å². The maximum Gasteiger partial charge on any atom is 0.128 e. The van der Waals surface area contributed by atoms with Gasteiger partial charge in [0.25, 0.3) is 0 Å². The van der Waals surface area contributed by atoms with Crippen LogP contribution >= 0.6 is 0 Å². The molecule has 4 nitrogen and oxygen atoms in total. The largest absolute Gasteiger partial charge is 0.377 e. The van der Waals surface area contributed by atoms with E-state index >= 15 is 0 Å². The molecule has 0 saturated carbocycles. The number of nitrogens with one attached hydrogen (secondary N) is 1. The third kappa shape index (κ3) is 3.25. The van der Waals surface area contributed by atoms with Crippen molar-refractivity contribution in [3.63, 3.8) is 0 Å². The molecule has 1 fully saturated rings. The summed E-state index contributed by atoms with van der Waals surface area (Å²) in [5, 5.41) is 3.38. The average molecular weight is 221 g/mol. The zero-order chi connectivity index (χ0) is 11.2. The Kier molecular flexibility index (Phi) is 4.25. The van der Waals surface area contributed by atoms with Gasteiger partial charge in [-0.2, -0.15) is 0 Å². The van der Waals surface area contributed by atoms with Crippen LogP contribution in [0.5, 0.6) is 0 Å². The molecule has 16 heavy (non-hydrogen) atoms. The molecule has 0 amide bonds. The van der Waals surface area contributed by atoms with Gasteiger partial charge in [0.1, 0.15) is 5.82 Å². The Balaban J connectivity index is 1.75. The van der Waals surface area contributed by atoms with Crippen molar-refractivity contribution in [3.8, 4) is 0 Å². The molecule has 0 spiro atoms. The van der Waals surface area contributed by atoms with Crippen LogP contribution < -0.4 is 5.32 Å². The van der Waals surface area contributed by atoms with Crippen LogP contribution in [-0.4, -0.2) is 29.2 Å². The molecule has 88 valence electrons. The Morgan fingerprint density at radius 1 is 1.56 bits per heavy atom. The second-order valence-corrected chi connectivity index (χ2v) is 4.08. The van der Waals surface area contributed by atoms with Crippen molar-refractivity contribution in [2.75, 3.05) is 13.2 Å². The smallest absolute Gasteiger partial charge is 0.128 e. The van der Waals surface area contributed by atoms with Gasteiger partial charge < -0.3 is 10.1 Å². The zero-order valence-corrected chi connectivity index (χ0v) is 9.78. The van der Waals surface area contributed by atoms with Crippen molar-refractivity contribution in [1.82, 2.24) is 15.3 Å². The summed E-state index contributed by atoms with van der Waals surface area (Å²) in [6, 6.07) is 1.96. The van der Waals surface area contributed by atoms with Gasteiger partial charge in [-0.15, -0.1) is 0 Å². The average Bonchev–Trinajstić information content (AvgIpc) is 2.82. The highest BCUT2D eigenvalue weighted by Crippen LogP contribution is 2.10. The summed E-state index contributed by atoms with van der Waals surface area (Å²) in [6.07, 6.45) is 5.48. The normalized spacial score (nSPS) is 20.2. The van der Waals surface area contributed by atoms with Crippen LogP contribution in [0.2, 0.25) is 0 Å². The van der Waals surface area contributed by atoms with Gasteiger partial charge in [0.2, 0.25) is 0 Å². The van der Waals surface area contributed by atoms with E-state index in [1.165, 1.54) is 12.8 Å². The summed E-state index contributed by atoms with van der Waals surface area (Å²) in [6.45, 7) is 4.71. The van der Waals surface area contributed by atoms with Crippen molar-refractivity contribution in [2.45, 2.75) is 38.8 Å². The lowest BCUT2D eigenvalue weighted by Crippen LogP contribution is -2.26. The molecule has 1 atom stereocenters. The number of aromatic nitrogens is 2. The molecule has 1 unspecified atom stereocenters. The molecular formula is C12H19N3O. The van der Waals surface area contributed by atoms with Crippen molar-refractivity contribution in [3.05, 3.63) is 23.8 Å². The molecule has 0 bridgehead atoms. The van der Waals surface area contributed by atoms with Gasteiger partial charge in [-0.3, -0.25) is 0 Å². The first-order chi connectivity index (χ1) is 7.88. The second-order valence-electron chi connectivity index (χ2n) is 4.08. The summed E-state index contributed by atoms with van der Waals surface area (Å²) in [5.41, 5.74) is 1.06. The fraction of sp³-hybridized carbons (Fsp3) is 0.667. The Morgan fingerprint density at radius 2 is 2.50 bits per heavy atom. The van der Waals surface area contributed by atoms with Gasteiger partial charge in [-0.25, -0.2) is 9.97 Å².